The van der Waals surface area contributed by atoms with Crippen LogP contribution in [0.2, 0.25) is 0 Å². The molecule has 0 aliphatic carbocycles. The Bertz CT molecular complexity index is 719. The van der Waals surface area contributed by atoms with Crippen molar-refractivity contribution in [3.63, 3.8) is 0 Å². The summed E-state index contributed by atoms with van der Waals surface area (Å²) >= 11 is 0. The number of hydrogen-bond donors (Lipinski definition) is 2. The van der Waals surface area contributed by atoms with Crippen molar-refractivity contribution in [1.29, 1.82) is 0 Å². The van der Waals surface area contributed by atoms with E-state index in [0.717, 1.165) is 11.3 Å². The standard InChI is InChI=1S/C11H10N8O/c1-7-2-3-8(19-6-13-17-18-19)4-9(7)14-11(20)10-5-12-16-15-10/h2-6H,1H3,(H,14,20)(H,12,15,16). The number of H-pyrrole nitrogens is 1. The number of aromatic nitrogens is 7. The third-order valence-electron chi connectivity index (χ3n) is 2.73. The number of rotatable bonds is 3. The molecule has 0 aliphatic rings. The predicted molar refractivity (Wildman–Crippen MR) is 68.2 cm³/mol. The Morgan fingerprint density at radius 3 is 3.00 bits per heavy atom. The molecule has 0 fully saturated rings. The van der Waals surface area contributed by atoms with Crippen molar-refractivity contribution in [2.24, 2.45) is 0 Å². The van der Waals surface area contributed by atoms with Gasteiger partial charge in [-0.05, 0) is 35.0 Å². The van der Waals surface area contributed by atoms with E-state index in [0.29, 0.717) is 5.69 Å². The van der Waals surface area contributed by atoms with Crippen molar-refractivity contribution in [1.82, 2.24) is 35.6 Å². The first kappa shape index (κ1) is 12.0. The van der Waals surface area contributed by atoms with Gasteiger partial charge in [0.1, 0.15) is 6.33 Å². The lowest BCUT2D eigenvalue weighted by molar-refractivity contribution is 0.102. The largest absolute Gasteiger partial charge is 0.320 e. The van der Waals surface area contributed by atoms with Crippen LogP contribution in [0.4, 0.5) is 5.69 Å². The van der Waals surface area contributed by atoms with Crippen LogP contribution in [0.5, 0.6) is 0 Å². The number of aromatic amines is 1. The number of nitrogens with one attached hydrogen (secondary N) is 2. The van der Waals surface area contributed by atoms with Crippen LogP contribution in [0.3, 0.4) is 0 Å². The highest BCUT2D eigenvalue weighted by atomic mass is 16.2. The summed E-state index contributed by atoms with van der Waals surface area (Å²) in [6, 6.07) is 5.51. The lowest BCUT2D eigenvalue weighted by Crippen LogP contribution is -2.13. The second kappa shape index (κ2) is 4.88. The van der Waals surface area contributed by atoms with Crippen molar-refractivity contribution < 1.29 is 4.79 Å². The molecule has 9 nitrogen and oxygen atoms in total. The van der Waals surface area contributed by atoms with Gasteiger partial charge < -0.3 is 5.32 Å². The number of tetrazole rings is 1. The fraction of sp³-hybridized carbons (Fsp3) is 0.0909. The summed E-state index contributed by atoms with van der Waals surface area (Å²) < 4.78 is 1.51. The quantitative estimate of drug-likeness (QED) is 0.709. The molecule has 100 valence electrons. The van der Waals surface area contributed by atoms with Gasteiger partial charge in [-0.15, -0.1) is 5.10 Å². The molecule has 0 atom stereocenters. The maximum absolute atomic E-state index is 11.9. The minimum absolute atomic E-state index is 0.220. The molecular formula is C11H10N8O. The number of amides is 1. The Morgan fingerprint density at radius 2 is 2.30 bits per heavy atom. The molecule has 0 saturated heterocycles. The summed E-state index contributed by atoms with van der Waals surface area (Å²) in [7, 11) is 0. The van der Waals surface area contributed by atoms with Crippen molar-refractivity contribution in [2.75, 3.05) is 5.32 Å². The van der Waals surface area contributed by atoms with Gasteiger partial charge in [-0.3, -0.25) is 4.79 Å². The van der Waals surface area contributed by atoms with Gasteiger partial charge in [-0.1, -0.05) is 6.07 Å². The zero-order chi connectivity index (χ0) is 13.9. The lowest BCUT2D eigenvalue weighted by Gasteiger charge is -2.09. The number of anilines is 1. The van der Waals surface area contributed by atoms with E-state index < -0.39 is 0 Å². The number of carbonyl (C=O) groups is 1. The zero-order valence-electron chi connectivity index (χ0n) is 10.5. The Hall–Kier alpha value is -3.10. The number of nitrogens with zero attached hydrogens (tertiary/aromatic N) is 6. The van der Waals surface area contributed by atoms with Gasteiger partial charge in [0.05, 0.1) is 11.9 Å². The Labute approximate surface area is 113 Å². The van der Waals surface area contributed by atoms with Gasteiger partial charge in [0.15, 0.2) is 5.69 Å². The minimum atomic E-state index is -0.337. The van der Waals surface area contributed by atoms with Crippen molar-refractivity contribution in [2.45, 2.75) is 6.92 Å². The van der Waals surface area contributed by atoms with Gasteiger partial charge in [-0.2, -0.15) is 15.4 Å². The van der Waals surface area contributed by atoms with Crippen molar-refractivity contribution in [3.05, 3.63) is 42.0 Å². The summed E-state index contributed by atoms with van der Waals surface area (Å²) in [4.78, 5) is 11.9. The summed E-state index contributed by atoms with van der Waals surface area (Å²) in [5.74, 6) is -0.337. The third kappa shape index (κ3) is 2.23. The van der Waals surface area contributed by atoms with Crippen molar-refractivity contribution in [3.8, 4) is 5.69 Å². The van der Waals surface area contributed by atoms with Crippen LogP contribution >= 0.6 is 0 Å². The second-order valence-electron chi connectivity index (χ2n) is 4.06. The van der Waals surface area contributed by atoms with Crippen LogP contribution in [0, 0.1) is 6.92 Å². The SMILES string of the molecule is Cc1ccc(-n2cnnn2)cc1NC(=O)c1cn[nH]n1. The Morgan fingerprint density at radius 1 is 1.40 bits per heavy atom. The van der Waals surface area contributed by atoms with Crippen LogP contribution in [0.25, 0.3) is 5.69 Å². The van der Waals surface area contributed by atoms with Gasteiger partial charge >= 0.3 is 0 Å². The molecule has 0 radical (unpaired) electrons. The molecule has 9 heteroatoms. The molecular weight excluding hydrogens is 260 g/mol. The van der Waals surface area contributed by atoms with Gasteiger partial charge in [0.25, 0.3) is 5.91 Å². The molecule has 2 aromatic heterocycles. The van der Waals surface area contributed by atoms with Gasteiger partial charge in [0.2, 0.25) is 0 Å². The van der Waals surface area contributed by atoms with Crippen LogP contribution in [-0.2, 0) is 0 Å². The van der Waals surface area contributed by atoms with E-state index in [-0.39, 0.29) is 11.6 Å². The maximum Gasteiger partial charge on any atom is 0.277 e. The normalized spacial score (nSPS) is 10.4. The molecule has 3 aromatic rings. The molecule has 0 saturated carbocycles. The first-order chi connectivity index (χ1) is 9.74. The molecule has 1 aromatic carbocycles. The third-order valence-corrected chi connectivity index (χ3v) is 2.73. The topological polar surface area (TPSA) is 114 Å². The van der Waals surface area contributed by atoms with Crippen LogP contribution in [0.15, 0.2) is 30.7 Å². The fourth-order valence-electron chi connectivity index (χ4n) is 1.66. The number of aryl methyl sites for hydroxylation is 1. The first-order valence-electron chi connectivity index (χ1n) is 5.75. The van der Waals surface area contributed by atoms with E-state index in [1.165, 1.54) is 17.2 Å². The highest BCUT2D eigenvalue weighted by Crippen LogP contribution is 2.19. The Balaban J connectivity index is 1.89. The van der Waals surface area contributed by atoms with E-state index >= 15 is 0 Å². The van der Waals surface area contributed by atoms with Crippen LogP contribution < -0.4 is 5.32 Å². The molecule has 2 heterocycles. The van der Waals surface area contributed by atoms with Gasteiger partial charge in [-0.25, -0.2) is 4.68 Å². The molecule has 3 rings (SSSR count). The number of benzene rings is 1. The molecule has 0 unspecified atom stereocenters. The Kier molecular flexibility index (Phi) is 2.92. The van der Waals surface area contributed by atoms with E-state index in [9.17, 15) is 4.79 Å². The van der Waals surface area contributed by atoms with E-state index in [1.54, 1.807) is 6.07 Å². The summed E-state index contributed by atoms with van der Waals surface area (Å²) in [5.41, 5.74) is 2.54. The average Bonchev–Trinajstić information content (AvgIpc) is 3.14. The smallest absolute Gasteiger partial charge is 0.277 e. The maximum atomic E-state index is 11.9. The minimum Gasteiger partial charge on any atom is -0.320 e. The fourth-order valence-corrected chi connectivity index (χ4v) is 1.66. The van der Waals surface area contributed by atoms with E-state index in [4.69, 9.17) is 0 Å². The van der Waals surface area contributed by atoms with Crippen LogP contribution in [-0.4, -0.2) is 41.5 Å². The number of hydrogen-bond acceptors (Lipinski definition) is 6. The monoisotopic (exact) mass is 270 g/mol. The lowest BCUT2D eigenvalue weighted by atomic mass is 10.1. The van der Waals surface area contributed by atoms with E-state index in [2.05, 4.69) is 36.3 Å². The molecule has 1 amide bonds. The highest BCUT2D eigenvalue weighted by Gasteiger charge is 2.11. The highest BCUT2D eigenvalue weighted by molar-refractivity contribution is 6.03. The summed E-state index contributed by atoms with van der Waals surface area (Å²) in [6.45, 7) is 1.89. The van der Waals surface area contributed by atoms with Crippen molar-refractivity contribution >= 4 is 11.6 Å². The summed E-state index contributed by atoms with van der Waals surface area (Å²) in [6.07, 6.45) is 2.84. The zero-order valence-corrected chi connectivity index (χ0v) is 10.5. The molecule has 0 spiro atoms. The molecule has 2 N–H and O–H groups in total. The van der Waals surface area contributed by atoms with Gasteiger partial charge in [0, 0.05) is 5.69 Å². The number of carbonyl (C=O) groups excluding carboxylic acids is 1. The molecule has 0 bridgehead atoms. The predicted octanol–water partition coefficient (Wildman–Crippen LogP) is 0.341. The van der Waals surface area contributed by atoms with Crippen LogP contribution in [0.1, 0.15) is 16.1 Å². The second-order valence-corrected chi connectivity index (χ2v) is 4.06. The average molecular weight is 270 g/mol. The van der Waals surface area contributed by atoms with E-state index in [1.807, 2.05) is 19.1 Å². The molecule has 0 aliphatic heterocycles. The first-order valence-corrected chi connectivity index (χ1v) is 5.75. The summed E-state index contributed by atoms with van der Waals surface area (Å²) in [5, 5.41) is 23.4. The molecule has 20 heavy (non-hydrogen) atoms.